The number of amides is 1. The van der Waals surface area contributed by atoms with Crippen molar-refractivity contribution in [3.8, 4) is 17.8 Å². The number of benzene rings is 3. The van der Waals surface area contributed by atoms with Gasteiger partial charge in [0.2, 0.25) is 5.91 Å². The van der Waals surface area contributed by atoms with Crippen LogP contribution in [0.5, 0.6) is 5.75 Å². The minimum atomic E-state index is -1.26. The highest BCUT2D eigenvalue weighted by Crippen LogP contribution is 2.37. The normalized spacial score (nSPS) is 10.6. The van der Waals surface area contributed by atoms with Crippen molar-refractivity contribution in [1.82, 2.24) is 19.7 Å². The number of nitrogens with zero attached hydrogens (tertiary/aromatic N) is 8. The van der Waals surface area contributed by atoms with Crippen LogP contribution in [-0.2, 0) is 11.3 Å². The molecule has 45 heavy (non-hydrogen) atoms. The number of carbonyl (C=O) groups excluding carboxylic acids is 1. The SMILES string of the molecule is CC.COCc1ccc2c(N)c(O)c(C(O)Nc3ccc(C(=O)N=[N+]=[N-])cc3)cc2c1.N#Cc1cnn(-c2ncccn2)c1N. The maximum absolute atomic E-state index is 11.5. The number of methoxy groups -OCH3 is 1. The molecular weight excluding hydrogens is 578 g/mol. The summed E-state index contributed by atoms with van der Waals surface area (Å²) in [7, 11) is 1.60. The van der Waals surface area contributed by atoms with E-state index in [9.17, 15) is 15.0 Å². The Morgan fingerprint density at radius 2 is 1.87 bits per heavy atom. The fraction of sp³-hybridized carbons (Fsp3) is 0.167. The van der Waals surface area contributed by atoms with Gasteiger partial charge in [-0.3, -0.25) is 4.79 Å². The van der Waals surface area contributed by atoms with E-state index in [1.54, 1.807) is 49.8 Å². The highest BCUT2D eigenvalue weighted by molar-refractivity contribution is 5.97. The van der Waals surface area contributed by atoms with Gasteiger partial charge in [0.1, 0.15) is 23.2 Å². The average molecular weight is 610 g/mol. The van der Waals surface area contributed by atoms with Crippen LogP contribution in [0.25, 0.3) is 27.2 Å². The fourth-order valence-electron chi connectivity index (χ4n) is 4.01. The molecule has 0 fully saturated rings. The lowest BCUT2D eigenvalue weighted by Crippen LogP contribution is -2.11. The number of aromatic nitrogens is 4. The molecule has 2 aromatic heterocycles. The molecule has 0 aliphatic heterocycles. The van der Waals surface area contributed by atoms with Crippen LogP contribution in [-0.4, -0.2) is 43.0 Å². The number of nitriles is 1. The first-order chi connectivity index (χ1) is 21.8. The molecule has 5 aromatic rings. The lowest BCUT2D eigenvalue weighted by atomic mass is 10.0. The Hall–Kier alpha value is -6.20. The number of rotatable bonds is 7. The van der Waals surface area contributed by atoms with E-state index in [4.69, 9.17) is 27.0 Å². The second-order valence-corrected chi connectivity index (χ2v) is 8.85. The van der Waals surface area contributed by atoms with Gasteiger partial charge in [0.25, 0.3) is 5.95 Å². The summed E-state index contributed by atoms with van der Waals surface area (Å²) in [5.41, 5.74) is 22.3. The van der Waals surface area contributed by atoms with E-state index in [0.29, 0.717) is 29.2 Å². The lowest BCUT2D eigenvalue weighted by Gasteiger charge is -2.18. The van der Waals surface area contributed by atoms with Gasteiger partial charge in [-0.05, 0) is 64.1 Å². The molecule has 15 heteroatoms. The second-order valence-electron chi connectivity index (χ2n) is 8.85. The Kier molecular flexibility index (Phi) is 11.7. The van der Waals surface area contributed by atoms with Gasteiger partial charge in [-0.25, -0.2) is 9.97 Å². The van der Waals surface area contributed by atoms with Crippen molar-refractivity contribution < 1.29 is 19.7 Å². The number of hydrogen-bond acceptors (Lipinski definition) is 11. The summed E-state index contributed by atoms with van der Waals surface area (Å²) in [6.07, 6.45) is 3.28. The predicted molar refractivity (Wildman–Crippen MR) is 169 cm³/mol. The molecule has 0 aliphatic carbocycles. The Morgan fingerprint density at radius 1 is 1.18 bits per heavy atom. The third-order valence-corrected chi connectivity index (χ3v) is 6.09. The number of aliphatic hydroxyl groups is 1. The molecule has 0 saturated heterocycles. The quantitative estimate of drug-likeness (QED) is 0.0411. The molecule has 1 atom stereocenters. The third-order valence-electron chi connectivity index (χ3n) is 6.09. The topological polar surface area (TPSA) is 247 Å². The number of ether oxygens (including phenoxy) is 1. The molecule has 5 rings (SSSR count). The summed E-state index contributed by atoms with van der Waals surface area (Å²) < 4.78 is 6.45. The van der Waals surface area contributed by atoms with Crippen molar-refractivity contribution in [2.45, 2.75) is 26.7 Å². The number of anilines is 3. The number of fused-ring (bicyclic) bond motifs is 1. The molecule has 0 aliphatic rings. The van der Waals surface area contributed by atoms with E-state index in [1.807, 2.05) is 32.0 Å². The van der Waals surface area contributed by atoms with Gasteiger partial charge in [-0.15, -0.1) is 0 Å². The number of phenols is 1. The van der Waals surface area contributed by atoms with Crippen molar-refractivity contribution in [2.75, 3.05) is 23.9 Å². The van der Waals surface area contributed by atoms with Crippen LogP contribution < -0.4 is 16.8 Å². The van der Waals surface area contributed by atoms with Crippen molar-refractivity contribution >= 4 is 33.9 Å². The smallest absolute Gasteiger partial charge is 0.252 e. The van der Waals surface area contributed by atoms with Gasteiger partial charge in [0.05, 0.1) is 18.5 Å². The van der Waals surface area contributed by atoms with E-state index in [0.717, 1.165) is 10.9 Å². The number of carbonyl (C=O) groups is 1. The molecule has 1 amide bonds. The minimum absolute atomic E-state index is 0.164. The summed E-state index contributed by atoms with van der Waals surface area (Å²) in [6.45, 7) is 4.42. The summed E-state index contributed by atoms with van der Waals surface area (Å²) in [6, 6.07) is 16.8. The second kappa shape index (κ2) is 15.9. The zero-order chi connectivity index (χ0) is 32.9. The zero-order valence-electron chi connectivity index (χ0n) is 24.7. The molecule has 0 bridgehead atoms. The third kappa shape index (κ3) is 8.00. The molecule has 3 aromatic carbocycles. The van der Waals surface area contributed by atoms with Gasteiger partial charge in [-0.2, -0.15) is 15.0 Å². The van der Waals surface area contributed by atoms with E-state index >= 15 is 0 Å². The molecule has 7 N–H and O–H groups in total. The molecule has 230 valence electrons. The van der Waals surface area contributed by atoms with E-state index in [2.05, 4.69) is 30.4 Å². The Bertz CT molecular complexity index is 1850. The van der Waals surface area contributed by atoms with Gasteiger partial charge >= 0.3 is 0 Å². The molecular formula is C30H31N11O4. The van der Waals surface area contributed by atoms with Crippen LogP contribution in [0.1, 0.15) is 47.1 Å². The molecule has 15 nitrogen and oxygen atoms in total. The van der Waals surface area contributed by atoms with Crippen LogP contribution in [0.2, 0.25) is 0 Å². The molecule has 0 saturated carbocycles. The van der Waals surface area contributed by atoms with Gasteiger partial charge in [0.15, 0.2) is 6.23 Å². The van der Waals surface area contributed by atoms with Crippen molar-refractivity contribution in [1.29, 1.82) is 5.26 Å². The van der Waals surface area contributed by atoms with Crippen molar-refractivity contribution in [2.24, 2.45) is 5.11 Å². The number of nitrogens with two attached hydrogens (primary N) is 2. The number of hydrogen-bond donors (Lipinski definition) is 5. The lowest BCUT2D eigenvalue weighted by molar-refractivity contribution is 0.100. The molecule has 0 spiro atoms. The Labute approximate surface area is 258 Å². The monoisotopic (exact) mass is 609 g/mol. The van der Waals surface area contributed by atoms with Crippen molar-refractivity contribution in [3.05, 3.63) is 106 Å². The van der Waals surface area contributed by atoms with Crippen LogP contribution in [0.3, 0.4) is 0 Å². The Morgan fingerprint density at radius 3 is 2.47 bits per heavy atom. The zero-order valence-corrected chi connectivity index (χ0v) is 24.7. The number of aliphatic hydroxyl groups excluding tert-OH is 1. The first-order valence-corrected chi connectivity index (χ1v) is 13.4. The standard InChI is InChI=1S/C20H19N5O4.C8H6N6.C2H6/c1-29-10-11-2-7-15-13(8-11)9-16(18(26)17(15)21)20(28)23-14-5-3-12(4-6-14)19(27)24-25-22;9-4-6-5-13-14(7(6)10)8-11-2-1-3-12-8;1-2/h2-9,20,23,26,28H,10,21H2,1H3;1-3,5H,10H2;1-2H3. The van der Waals surface area contributed by atoms with Gasteiger partial charge < -0.3 is 31.7 Å². The van der Waals surface area contributed by atoms with Crippen LogP contribution in [0.15, 0.2) is 78.3 Å². The summed E-state index contributed by atoms with van der Waals surface area (Å²) >= 11 is 0. The number of nitrogen functional groups attached to an aromatic ring is 2. The highest BCUT2D eigenvalue weighted by atomic mass is 16.5. The van der Waals surface area contributed by atoms with Crippen LogP contribution in [0, 0.1) is 11.3 Å². The highest BCUT2D eigenvalue weighted by Gasteiger charge is 2.18. The summed E-state index contributed by atoms with van der Waals surface area (Å²) in [5.74, 6) is -0.316. The number of aromatic hydroxyl groups is 1. The Balaban J connectivity index is 0.000000287. The first-order valence-electron chi connectivity index (χ1n) is 13.4. The maximum Gasteiger partial charge on any atom is 0.252 e. The maximum atomic E-state index is 11.5. The van der Waals surface area contributed by atoms with Crippen molar-refractivity contribution in [3.63, 3.8) is 0 Å². The predicted octanol–water partition coefficient (Wildman–Crippen LogP) is 4.97. The number of nitrogens with one attached hydrogen (secondary N) is 1. The first kappa shape index (κ1) is 33.3. The van der Waals surface area contributed by atoms with Gasteiger partial charge in [-0.1, -0.05) is 26.0 Å². The van der Waals surface area contributed by atoms with Crippen LogP contribution >= 0.6 is 0 Å². The van der Waals surface area contributed by atoms with E-state index < -0.39 is 12.1 Å². The molecule has 0 radical (unpaired) electrons. The summed E-state index contributed by atoms with van der Waals surface area (Å²) in [5, 5.41) is 40.9. The van der Waals surface area contributed by atoms with Crippen LogP contribution in [0.4, 0.5) is 17.2 Å². The molecule has 2 heterocycles. The number of phenolic OH excluding ortho intramolecular Hbond substituents is 1. The fourth-order valence-corrected chi connectivity index (χ4v) is 4.01. The van der Waals surface area contributed by atoms with Gasteiger partial charge in [0, 0.05) is 46.6 Å². The summed E-state index contributed by atoms with van der Waals surface area (Å²) in [4.78, 5) is 21.9. The van der Waals surface area contributed by atoms with E-state index in [-0.39, 0.29) is 28.4 Å². The van der Waals surface area contributed by atoms with E-state index in [1.165, 1.54) is 23.0 Å². The minimum Gasteiger partial charge on any atom is -0.505 e. The molecule has 1 unspecified atom stereocenters. The largest absolute Gasteiger partial charge is 0.505 e. The number of azide groups is 1. The average Bonchev–Trinajstić information content (AvgIpc) is 3.45.